The number of fused-ring (bicyclic) bond motifs is 1. The highest BCUT2D eigenvalue weighted by Crippen LogP contribution is 2.29. The Balaban J connectivity index is 0.000000449. The van der Waals surface area contributed by atoms with E-state index in [4.69, 9.17) is 19.8 Å². The molecule has 2 fully saturated rings. The molecule has 3 heterocycles. The van der Waals surface area contributed by atoms with Crippen LogP contribution in [0.1, 0.15) is 32.3 Å². The van der Waals surface area contributed by atoms with E-state index in [1.807, 2.05) is 37.1 Å². The largest absolute Gasteiger partial charge is 0.490 e. The molecule has 2 saturated heterocycles. The Morgan fingerprint density at radius 3 is 1.95 bits per heavy atom. The van der Waals surface area contributed by atoms with Crippen molar-refractivity contribution in [3.8, 4) is 0 Å². The number of alkyl halides is 6. The third kappa shape index (κ3) is 11.0. The fourth-order valence-corrected chi connectivity index (χ4v) is 6.01. The van der Waals surface area contributed by atoms with Gasteiger partial charge in [0.15, 0.2) is 9.84 Å². The van der Waals surface area contributed by atoms with Crippen molar-refractivity contribution < 1.29 is 59.4 Å². The Labute approximate surface area is 220 Å². The van der Waals surface area contributed by atoms with Gasteiger partial charge < -0.3 is 15.1 Å². The minimum absolute atomic E-state index is 0.0241. The predicted molar refractivity (Wildman–Crippen MR) is 124 cm³/mol. The number of hydrogen-bond donors (Lipinski definition) is 2. The monoisotopic (exact) mass is 593 g/mol. The molecule has 2 aliphatic rings. The van der Waals surface area contributed by atoms with Gasteiger partial charge in [0.1, 0.15) is 0 Å². The summed E-state index contributed by atoms with van der Waals surface area (Å²) < 4.78 is 88.7. The number of hydrogen-bond acceptors (Lipinski definition) is 7. The number of likely N-dealkylation sites (tertiary alicyclic amines) is 1. The fraction of sp³-hybridized carbons (Fsp3) is 0.636. The molecule has 2 aliphatic heterocycles. The quantitative estimate of drug-likeness (QED) is 0.505. The van der Waals surface area contributed by atoms with Gasteiger partial charge in [0.25, 0.3) is 0 Å². The first kappa shape index (κ1) is 34.1. The molecule has 39 heavy (non-hydrogen) atoms. The zero-order valence-electron chi connectivity index (χ0n) is 20.9. The molecule has 1 aromatic rings. The lowest BCUT2D eigenvalue weighted by Gasteiger charge is -2.40. The van der Waals surface area contributed by atoms with Crippen LogP contribution in [0.4, 0.5) is 26.3 Å². The molecule has 0 aromatic carbocycles. The van der Waals surface area contributed by atoms with Crippen LogP contribution in [0.5, 0.6) is 0 Å². The summed E-state index contributed by atoms with van der Waals surface area (Å²) in [6.07, 6.45) is -5.34. The van der Waals surface area contributed by atoms with E-state index in [2.05, 4.69) is 9.88 Å². The van der Waals surface area contributed by atoms with Crippen LogP contribution in [0, 0.1) is 5.92 Å². The van der Waals surface area contributed by atoms with Crippen LogP contribution in [-0.2, 0) is 30.8 Å². The Kier molecular flexibility index (Phi) is 12.2. The minimum Gasteiger partial charge on any atom is -0.475 e. The number of aromatic nitrogens is 1. The molecule has 0 saturated carbocycles. The van der Waals surface area contributed by atoms with Crippen LogP contribution in [-0.4, -0.2) is 100 Å². The lowest BCUT2D eigenvalue weighted by atomic mass is 10.1. The van der Waals surface area contributed by atoms with E-state index in [1.54, 1.807) is 6.20 Å². The van der Waals surface area contributed by atoms with Crippen molar-refractivity contribution in [1.29, 1.82) is 0 Å². The second-order valence-electron chi connectivity index (χ2n) is 8.97. The Hall–Kier alpha value is -2.95. The molecule has 0 spiro atoms. The Bertz CT molecular complexity index is 1060. The number of carbonyl (C=O) groups is 3. The maximum Gasteiger partial charge on any atom is 0.490 e. The van der Waals surface area contributed by atoms with Gasteiger partial charge in [-0.15, -0.1) is 0 Å². The van der Waals surface area contributed by atoms with Crippen molar-refractivity contribution in [2.24, 2.45) is 5.92 Å². The first-order valence-electron chi connectivity index (χ1n) is 11.5. The molecule has 0 aliphatic carbocycles. The first-order chi connectivity index (χ1) is 17.8. The minimum atomic E-state index is -5.08. The van der Waals surface area contributed by atoms with Crippen molar-refractivity contribution in [3.63, 3.8) is 0 Å². The molecule has 0 radical (unpaired) electrons. The standard InChI is InChI=1S/C18H27N3O3S.2C2HF3O2/c1-14(2)18(22)20-8-5-16-17(6-9-20)25(23,24)11-10-21(16)13-15-4-3-7-19-12-15;2*3-2(4,5)1(6)7/h3-4,7,12,14,16-17H,5-6,8-11,13H2,1-2H3;2*(H,6,7)/t16-,17+;;/m0../s1. The van der Waals surface area contributed by atoms with Crippen LogP contribution in [0.3, 0.4) is 0 Å². The molecule has 3 rings (SSSR count). The predicted octanol–water partition coefficient (Wildman–Crippen LogP) is 2.59. The molecular weight excluding hydrogens is 564 g/mol. The van der Waals surface area contributed by atoms with E-state index in [-0.39, 0.29) is 28.9 Å². The van der Waals surface area contributed by atoms with Crippen LogP contribution in [0.2, 0.25) is 0 Å². The summed E-state index contributed by atoms with van der Waals surface area (Å²) in [5.74, 6) is -5.25. The highest BCUT2D eigenvalue weighted by molar-refractivity contribution is 7.92. The van der Waals surface area contributed by atoms with Gasteiger partial charge in [-0.25, -0.2) is 18.0 Å². The molecule has 1 aromatic heterocycles. The first-order valence-corrected chi connectivity index (χ1v) is 13.2. The van der Waals surface area contributed by atoms with E-state index < -0.39 is 34.1 Å². The van der Waals surface area contributed by atoms with Gasteiger partial charge in [-0.1, -0.05) is 19.9 Å². The number of sulfone groups is 1. The average molecular weight is 594 g/mol. The third-order valence-corrected chi connectivity index (χ3v) is 8.02. The lowest BCUT2D eigenvalue weighted by Crippen LogP contribution is -2.54. The number of rotatable bonds is 3. The number of carboxylic acid groups (broad SMARTS) is 2. The molecule has 222 valence electrons. The van der Waals surface area contributed by atoms with E-state index in [9.17, 15) is 39.6 Å². The highest BCUT2D eigenvalue weighted by Gasteiger charge is 2.43. The van der Waals surface area contributed by atoms with Gasteiger partial charge in [-0.05, 0) is 24.5 Å². The number of aliphatic carboxylic acids is 2. The van der Waals surface area contributed by atoms with Crippen molar-refractivity contribution in [1.82, 2.24) is 14.8 Å². The smallest absolute Gasteiger partial charge is 0.475 e. The van der Waals surface area contributed by atoms with Gasteiger partial charge in [0, 0.05) is 50.5 Å². The summed E-state index contributed by atoms with van der Waals surface area (Å²) >= 11 is 0. The summed E-state index contributed by atoms with van der Waals surface area (Å²) in [5, 5.41) is 13.9. The number of amides is 1. The molecular formula is C22H29F6N3O7S. The van der Waals surface area contributed by atoms with Crippen molar-refractivity contribution in [3.05, 3.63) is 30.1 Å². The number of carbonyl (C=O) groups excluding carboxylic acids is 1. The number of nitrogens with zero attached hydrogens (tertiary/aromatic N) is 3. The molecule has 2 N–H and O–H groups in total. The Morgan fingerprint density at radius 1 is 1.00 bits per heavy atom. The van der Waals surface area contributed by atoms with Crippen molar-refractivity contribution >= 4 is 27.7 Å². The van der Waals surface area contributed by atoms with Crippen LogP contribution in [0.25, 0.3) is 0 Å². The topological polar surface area (TPSA) is 145 Å². The SMILES string of the molecule is CC(C)C(=O)N1CC[C@@H]2[C@H](CC1)N(Cc1cccnc1)CCS2(=O)=O.O=C(O)C(F)(F)F.O=C(O)C(F)(F)F. The van der Waals surface area contributed by atoms with Gasteiger partial charge in [-0.2, -0.15) is 26.3 Å². The zero-order valence-corrected chi connectivity index (χ0v) is 21.8. The van der Waals surface area contributed by atoms with Crippen molar-refractivity contribution in [2.45, 2.75) is 56.9 Å². The normalized spacial score (nSPS) is 21.3. The summed E-state index contributed by atoms with van der Waals surface area (Å²) in [6, 6.07) is 3.91. The summed E-state index contributed by atoms with van der Waals surface area (Å²) in [6.45, 7) is 6.23. The summed E-state index contributed by atoms with van der Waals surface area (Å²) in [4.78, 5) is 38.4. The molecule has 0 unspecified atom stereocenters. The molecule has 17 heteroatoms. The van der Waals surface area contributed by atoms with E-state index in [1.165, 1.54) is 0 Å². The van der Waals surface area contributed by atoms with Gasteiger partial charge in [-0.3, -0.25) is 14.7 Å². The zero-order chi connectivity index (χ0) is 30.2. The van der Waals surface area contributed by atoms with E-state index in [0.29, 0.717) is 39.0 Å². The van der Waals surface area contributed by atoms with E-state index in [0.717, 1.165) is 5.56 Å². The number of carboxylic acids is 2. The van der Waals surface area contributed by atoms with Gasteiger partial charge >= 0.3 is 24.3 Å². The highest BCUT2D eigenvalue weighted by atomic mass is 32.2. The Morgan fingerprint density at radius 2 is 1.51 bits per heavy atom. The number of pyridine rings is 1. The van der Waals surface area contributed by atoms with Crippen LogP contribution < -0.4 is 0 Å². The molecule has 0 bridgehead atoms. The molecule has 10 nitrogen and oxygen atoms in total. The molecule has 2 atom stereocenters. The van der Waals surface area contributed by atoms with Crippen LogP contribution in [0.15, 0.2) is 24.5 Å². The maximum absolute atomic E-state index is 12.6. The van der Waals surface area contributed by atoms with Crippen molar-refractivity contribution in [2.75, 3.05) is 25.4 Å². The van der Waals surface area contributed by atoms with Gasteiger partial charge in [0.2, 0.25) is 5.91 Å². The lowest BCUT2D eigenvalue weighted by molar-refractivity contribution is -0.193. The summed E-state index contributed by atoms with van der Waals surface area (Å²) in [5.41, 5.74) is 1.10. The van der Waals surface area contributed by atoms with Crippen LogP contribution >= 0.6 is 0 Å². The third-order valence-electron chi connectivity index (χ3n) is 5.80. The number of halogens is 6. The second kappa shape index (κ2) is 13.9. The second-order valence-corrected chi connectivity index (χ2v) is 11.3. The molecule has 1 amide bonds. The van der Waals surface area contributed by atoms with E-state index >= 15 is 0 Å². The maximum atomic E-state index is 12.6. The average Bonchev–Trinajstić information content (AvgIpc) is 3.05. The van der Waals surface area contributed by atoms with Gasteiger partial charge in [0.05, 0.1) is 11.0 Å². The summed E-state index contributed by atoms with van der Waals surface area (Å²) in [7, 11) is -3.10. The fourth-order valence-electron chi connectivity index (χ4n) is 3.97.